The van der Waals surface area contributed by atoms with E-state index in [4.69, 9.17) is 0 Å². The minimum absolute atomic E-state index is 0.807. The first-order valence-corrected chi connectivity index (χ1v) is 3.36. The van der Waals surface area contributed by atoms with Crippen LogP contribution in [-0.2, 0) is 0 Å². The Morgan fingerprint density at radius 2 is 1.75 bits per heavy atom. The molecule has 0 heterocycles. The Hall–Kier alpha value is 0.140. The molecule has 0 aliphatic rings. The van der Waals surface area contributed by atoms with Crippen molar-refractivity contribution in [2.45, 2.75) is 18.3 Å². The lowest BCUT2D eigenvalue weighted by molar-refractivity contribution is -0.125. The lowest BCUT2D eigenvalue weighted by Gasteiger charge is -2.11. The highest BCUT2D eigenvalue weighted by molar-refractivity contribution is 7.99. The molecule has 0 saturated heterocycles. The molecule has 8 heavy (non-hydrogen) atoms. The van der Waals surface area contributed by atoms with Crippen LogP contribution in [0.3, 0.4) is 0 Å². The average molecular weight is 144 g/mol. The molecule has 0 bridgehead atoms. The van der Waals surface area contributed by atoms with Crippen molar-refractivity contribution in [2.24, 2.45) is 0 Å². The Balaban J connectivity index is 3.62. The zero-order valence-corrected chi connectivity index (χ0v) is 5.44. The molecule has 4 heteroatoms. The van der Waals surface area contributed by atoms with Crippen molar-refractivity contribution in [1.29, 1.82) is 0 Å². The van der Waals surface area contributed by atoms with Gasteiger partial charge in [-0.3, -0.25) is 0 Å². The van der Waals surface area contributed by atoms with Gasteiger partial charge in [-0.05, 0) is 13.2 Å². The Morgan fingerprint density at radius 3 is 1.75 bits per heavy atom. The van der Waals surface area contributed by atoms with Gasteiger partial charge in [-0.1, -0.05) is 0 Å². The summed E-state index contributed by atoms with van der Waals surface area (Å²) < 4.78 is 34.3. The first-order valence-electron chi connectivity index (χ1n) is 2.08. The fourth-order valence-electron chi connectivity index (χ4n) is 0.134. The fourth-order valence-corrected chi connectivity index (χ4v) is 0.401. The highest BCUT2D eigenvalue weighted by Crippen LogP contribution is 2.27. The maximum absolute atomic E-state index is 11.4. The molecule has 0 N–H and O–H groups in total. The van der Waals surface area contributed by atoms with Gasteiger partial charge in [0.25, 0.3) is 0 Å². The summed E-state index contributed by atoms with van der Waals surface area (Å²) in [5.41, 5.74) is 0. The molecule has 50 valence electrons. The van der Waals surface area contributed by atoms with E-state index in [9.17, 15) is 13.2 Å². The molecular formula is C4H7F3S. The zero-order valence-electron chi connectivity index (χ0n) is 4.62. The summed E-state index contributed by atoms with van der Waals surface area (Å²) >= 11 is 0.807. The highest BCUT2D eigenvalue weighted by atomic mass is 32.2. The molecule has 0 aromatic carbocycles. The third kappa shape index (κ3) is 2.45. The van der Waals surface area contributed by atoms with Gasteiger partial charge in [0.2, 0.25) is 0 Å². The van der Waals surface area contributed by atoms with Crippen LogP contribution in [0, 0.1) is 0 Å². The van der Waals surface area contributed by atoms with E-state index in [1.165, 1.54) is 6.26 Å². The third-order valence-electron chi connectivity index (χ3n) is 0.815. The topological polar surface area (TPSA) is 0 Å². The van der Waals surface area contributed by atoms with Crippen molar-refractivity contribution in [1.82, 2.24) is 0 Å². The second-order valence-electron chi connectivity index (χ2n) is 1.42. The fraction of sp³-hybridized carbons (Fsp3) is 1.00. The van der Waals surface area contributed by atoms with E-state index in [0.717, 1.165) is 18.7 Å². The monoisotopic (exact) mass is 144 g/mol. The predicted molar refractivity (Wildman–Crippen MR) is 29.0 cm³/mol. The summed E-state index contributed by atoms with van der Waals surface area (Å²) in [6.45, 7) is 1.14. The molecule has 0 aliphatic heterocycles. The summed E-state index contributed by atoms with van der Waals surface area (Å²) in [5.74, 6) is 0. The number of halogens is 3. The number of hydrogen-bond donors (Lipinski definition) is 0. The molecule has 0 fully saturated rings. The van der Waals surface area contributed by atoms with Crippen LogP contribution in [0.4, 0.5) is 13.2 Å². The summed E-state index contributed by atoms with van der Waals surface area (Å²) in [7, 11) is 0. The largest absolute Gasteiger partial charge is 0.400 e. The standard InChI is InChI=1S/C4H7F3S/c1-3(8-2)4(5,6)7/h3H,1-2H3/t3-/m1/s1. The number of thioether (sulfide) groups is 1. The minimum atomic E-state index is -4.03. The van der Waals surface area contributed by atoms with Gasteiger partial charge in [0.1, 0.15) is 0 Å². The van der Waals surface area contributed by atoms with E-state index in [1.807, 2.05) is 0 Å². The van der Waals surface area contributed by atoms with Crippen LogP contribution in [0.15, 0.2) is 0 Å². The maximum atomic E-state index is 11.4. The summed E-state index contributed by atoms with van der Waals surface area (Å²) in [6.07, 6.45) is -2.59. The Morgan fingerprint density at radius 1 is 1.38 bits per heavy atom. The molecule has 0 aromatic rings. The Bertz CT molecular complexity index is 68.2. The smallest absolute Gasteiger partial charge is 0.170 e. The van der Waals surface area contributed by atoms with Crippen molar-refractivity contribution in [2.75, 3.05) is 6.26 Å². The molecule has 1 atom stereocenters. The van der Waals surface area contributed by atoms with Gasteiger partial charge in [-0.15, -0.1) is 0 Å². The van der Waals surface area contributed by atoms with E-state index in [1.54, 1.807) is 0 Å². The molecule has 0 saturated carbocycles. The van der Waals surface area contributed by atoms with Gasteiger partial charge in [-0.25, -0.2) is 0 Å². The van der Waals surface area contributed by atoms with Crippen molar-refractivity contribution < 1.29 is 13.2 Å². The van der Waals surface area contributed by atoms with Gasteiger partial charge in [0, 0.05) is 0 Å². The Labute approximate surface area is 50.5 Å². The molecule has 0 aromatic heterocycles. The van der Waals surface area contributed by atoms with Crippen molar-refractivity contribution in [3.8, 4) is 0 Å². The van der Waals surface area contributed by atoms with Crippen LogP contribution in [0.5, 0.6) is 0 Å². The van der Waals surface area contributed by atoms with Crippen LogP contribution in [0.25, 0.3) is 0 Å². The molecule has 0 spiro atoms. The molecular weight excluding hydrogens is 137 g/mol. The van der Waals surface area contributed by atoms with Crippen LogP contribution in [0.1, 0.15) is 6.92 Å². The Kier molecular flexibility index (Phi) is 2.66. The number of alkyl halides is 3. The van der Waals surface area contributed by atoms with Crippen LogP contribution in [-0.4, -0.2) is 17.7 Å². The molecule has 0 unspecified atom stereocenters. The summed E-state index contributed by atoms with van der Waals surface area (Å²) in [6, 6.07) is 0. The van der Waals surface area contributed by atoms with Crippen LogP contribution in [0.2, 0.25) is 0 Å². The maximum Gasteiger partial charge on any atom is 0.400 e. The number of hydrogen-bond acceptors (Lipinski definition) is 1. The third-order valence-corrected chi connectivity index (χ3v) is 1.79. The SMILES string of the molecule is CS[C@H](C)C(F)(F)F. The normalized spacial score (nSPS) is 16.1. The van der Waals surface area contributed by atoms with Crippen LogP contribution >= 0.6 is 11.8 Å². The van der Waals surface area contributed by atoms with E-state index in [-0.39, 0.29) is 0 Å². The first kappa shape index (κ1) is 8.14. The quantitative estimate of drug-likeness (QED) is 0.544. The predicted octanol–water partition coefficient (Wildman–Crippen LogP) is 2.30. The van der Waals surface area contributed by atoms with E-state index < -0.39 is 11.4 Å². The second-order valence-corrected chi connectivity index (χ2v) is 2.60. The molecule has 0 radical (unpaired) electrons. The summed E-state index contributed by atoms with van der Waals surface area (Å²) in [5, 5.41) is -1.23. The van der Waals surface area contributed by atoms with Crippen LogP contribution < -0.4 is 0 Å². The second kappa shape index (κ2) is 2.62. The molecule has 0 nitrogen and oxygen atoms in total. The van der Waals surface area contributed by atoms with Crippen molar-refractivity contribution in [3.63, 3.8) is 0 Å². The zero-order chi connectivity index (χ0) is 6.78. The highest BCUT2D eigenvalue weighted by Gasteiger charge is 2.34. The molecule has 0 rings (SSSR count). The summed E-state index contributed by atoms with van der Waals surface area (Å²) in [4.78, 5) is 0. The molecule has 0 aliphatic carbocycles. The average Bonchev–Trinajstić information content (AvgIpc) is 1.62. The minimum Gasteiger partial charge on any atom is -0.170 e. The van der Waals surface area contributed by atoms with Gasteiger partial charge in [-0.2, -0.15) is 24.9 Å². The lowest BCUT2D eigenvalue weighted by atomic mass is 10.5. The van der Waals surface area contributed by atoms with E-state index >= 15 is 0 Å². The van der Waals surface area contributed by atoms with E-state index in [0.29, 0.717) is 0 Å². The van der Waals surface area contributed by atoms with Crippen molar-refractivity contribution >= 4 is 11.8 Å². The van der Waals surface area contributed by atoms with Crippen molar-refractivity contribution in [3.05, 3.63) is 0 Å². The molecule has 0 amide bonds. The van der Waals surface area contributed by atoms with Gasteiger partial charge in [0.15, 0.2) is 0 Å². The first-order chi connectivity index (χ1) is 3.48. The van der Waals surface area contributed by atoms with E-state index in [2.05, 4.69) is 0 Å². The lowest BCUT2D eigenvalue weighted by Crippen LogP contribution is -2.21. The van der Waals surface area contributed by atoms with Gasteiger partial charge < -0.3 is 0 Å². The number of rotatable bonds is 1. The van der Waals surface area contributed by atoms with Gasteiger partial charge >= 0.3 is 6.18 Å². The van der Waals surface area contributed by atoms with Gasteiger partial charge in [0.05, 0.1) is 5.25 Å².